The maximum atomic E-state index is 11.7. The Balaban J connectivity index is 2.40. The highest BCUT2D eigenvalue weighted by atomic mass is 32.1. The summed E-state index contributed by atoms with van der Waals surface area (Å²) in [6, 6.07) is -0.349. The number of nitrogens with one attached hydrogen (secondary N) is 2. The van der Waals surface area contributed by atoms with Gasteiger partial charge in [-0.05, 0) is 11.8 Å². The van der Waals surface area contributed by atoms with Crippen molar-refractivity contribution in [2.45, 2.75) is 39.5 Å². The normalized spacial score (nSPS) is 12.2. The monoisotopic (exact) mass is 299 g/mol. The number of aliphatic carboxylic acids is 1. The average molecular weight is 299 g/mol. The van der Waals surface area contributed by atoms with Gasteiger partial charge in [-0.2, -0.15) is 0 Å². The first-order valence-electron chi connectivity index (χ1n) is 6.64. The number of nitrogens with zero attached hydrogens (tertiary/aromatic N) is 1. The van der Waals surface area contributed by atoms with Crippen LogP contribution in [0, 0.1) is 5.92 Å². The first-order chi connectivity index (χ1) is 9.42. The van der Waals surface area contributed by atoms with Crippen LogP contribution in [0.4, 0.5) is 9.93 Å². The number of hydrogen-bond acceptors (Lipinski definition) is 4. The van der Waals surface area contributed by atoms with Gasteiger partial charge in [0.1, 0.15) is 0 Å². The predicted octanol–water partition coefficient (Wildman–Crippen LogP) is 2.89. The van der Waals surface area contributed by atoms with E-state index in [4.69, 9.17) is 5.11 Å². The van der Waals surface area contributed by atoms with Gasteiger partial charge in [0.05, 0.1) is 5.69 Å². The third-order valence-electron chi connectivity index (χ3n) is 2.93. The molecular weight excluding hydrogens is 278 g/mol. The minimum absolute atomic E-state index is 0.0548. The van der Waals surface area contributed by atoms with Crippen molar-refractivity contribution >= 4 is 28.5 Å². The molecular formula is C13H21N3O3S. The molecule has 3 N–H and O–H groups in total. The van der Waals surface area contributed by atoms with Crippen LogP contribution in [0.5, 0.6) is 0 Å². The van der Waals surface area contributed by atoms with Crippen LogP contribution in [-0.4, -0.2) is 28.6 Å². The average Bonchev–Trinajstić information content (AvgIpc) is 2.82. The van der Waals surface area contributed by atoms with E-state index in [9.17, 15) is 9.59 Å². The van der Waals surface area contributed by atoms with Crippen molar-refractivity contribution in [1.82, 2.24) is 10.3 Å². The van der Waals surface area contributed by atoms with Crippen LogP contribution in [0.2, 0.25) is 0 Å². The van der Waals surface area contributed by atoms with Gasteiger partial charge in [-0.15, -0.1) is 11.3 Å². The highest BCUT2D eigenvalue weighted by Gasteiger charge is 2.13. The van der Waals surface area contributed by atoms with Gasteiger partial charge in [-0.1, -0.05) is 27.2 Å². The first kappa shape index (κ1) is 16.4. The largest absolute Gasteiger partial charge is 0.481 e. The quantitative estimate of drug-likeness (QED) is 0.722. The zero-order chi connectivity index (χ0) is 15.1. The molecule has 0 saturated carbocycles. The molecule has 0 spiro atoms. The smallest absolute Gasteiger partial charge is 0.321 e. The predicted molar refractivity (Wildman–Crippen MR) is 79.3 cm³/mol. The van der Waals surface area contributed by atoms with Gasteiger partial charge in [0.25, 0.3) is 0 Å². The molecule has 0 aliphatic carbocycles. The molecule has 0 aliphatic heterocycles. The number of carbonyl (C=O) groups is 2. The van der Waals surface area contributed by atoms with Crippen molar-refractivity contribution in [3.8, 4) is 0 Å². The lowest BCUT2D eigenvalue weighted by Gasteiger charge is -2.13. The fourth-order valence-electron chi connectivity index (χ4n) is 1.59. The molecule has 1 atom stereocenters. The van der Waals surface area contributed by atoms with Crippen molar-refractivity contribution < 1.29 is 14.7 Å². The summed E-state index contributed by atoms with van der Waals surface area (Å²) in [5.41, 5.74) is 0.947. The summed E-state index contributed by atoms with van der Waals surface area (Å²) in [5.74, 6) is -0.578. The molecule has 0 radical (unpaired) electrons. The number of rotatable bonds is 7. The van der Waals surface area contributed by atoms with Gasteiger partial charge in [0.15, 0.2) is 5.13 Å². The molecule has 1 heterocycles. The maximum Gasteiger partial charge on any atom is 0.321 e. The number of amides is 2. The van der Waals surface area contributed by atoms with Gasteiger partial charge >= 0.3 is 12.0 Å². The third kappa shape index (κ3) is 5.56. The molecule has 0 saturated heterocycles. The molecule has 7 heteroatoms. The third-order valence-corrected chi connectivity index (χ3v) is 3.70. The molecule has 0 fully saturated rings. The SMILES string of the molecule is CCC(CNC(=O)Nc1nc(C(C)C)cs1)CC(=O)O. The van der Waals surface area contributed by atoms with Crippen LogP contribution in [0.3, 0.4) is 0 Å². The molecule has 6 nitrogen and oxygen atoms in total. The van der Waals surface area contributed by atoms with Crippen molar-refractivity contribution in [2.75, 3.05) is 11.9 Å². The standard InChI is InChI=1S/C13H21N3O3S/c1-4-9(5-11(17)18)6-14-12(19)16-13-15-10(7-20-13)8(2)3/h7-9H,4-6H2,1-3H3,(H,17,18)(H2,14,15,16,19). The fourth-order valence-corrected chi connectivity index (χ4v) is 2.46. The fraction of sp³-hybridized carbons (Fsp3) is 0.615. The first-order valence-corrected chi connectivity index (χ1v) is 7.52. The highest BCUT2D eigenvalue weighted by Crippen LogP contribution is 2.21. The second-order valence-corrected chi connectivity index (χ2v) is 5.80. The maximum absolute atomic E-state index is 11.7. The van der Waals surface area contributed by atoms with E-state index in [1.54, 1.807) is 0 Å². The number of carboxylic acid groups (broad SMARTS) is 1. The zero-order valence-corrected chi connectivity index (χ0v) is 12.8. The highest BCUT2D eigenvalue weighted by molar-refractivity contribution is 7.13. The lowest BCUT2D eigenvalue weighted by atomic mass is 10.0. The van der Waals surface area contributed by atoms with Gasteiger partial charge in [-0.3, -0.25) is 10.1 Å². The summed E-state index contributed by atoms with van der Waals surface area (Å²) in [6.07, 6.45) is 0.771. The van der Waals surface area contributed by atoms with Crippen LogP contribution in [-0.2, 0) is 4.79 Å². The molecule has 0 aromatic carbocycles. The van der Waals surface area contributed by atoms with E-state index >= 15 is 0 Å². The number of carboxylic acids is 1. The Hall–Kier alpha value is -1.63. The Morgan fingerprint density at radius 1 is 1.45 bits per heavy atom. The van der Waals surface area contributed by atoms with Crippen LogP contribution >= 0.6 is 11.3 Å². The minimum atomic E-state index is -0.847. The van der Waals surface area contributed by atoms with E-state index in [1.165, 1.54) is 11.3 Å². The second-order valence-electron chi connectivity index (χ2n) is 4.94. The van der Waals surface area contributed by atoms with Crippen molar-refractivity contribution in [1.29, 1.82) is 0 Å². The van der Waals surface area contributed by atoms with Crippen LogP contribution in [0.25, 0.3) is 0 Å². The van der Waals surface area contributed by atoms with Crippen LogP contribution in [0.1, 0.15) is 45.2 Å². The van der Waals surface area contributed by atoms with Crippen LogP contribution in [0.15, 0.2) is 5.38 Å². The summed E-state index contributed by atoms with van der Waals surface area (Å²) in [4.78, 5) is 26.6. The van der Waals surface area contributed by atoms with E-state index in [0.29, 0.717) is 24.0 Å². The molecule has 1 aromatic rings. The number of aromatic nitrogens is 1. The van der Waals surface area contributed by atoms with E-state index < -0.39 is 5.97 Å². The Bertz CT molecular complexity index is 459. The molecule has 112 valence electrons. The van der Waals surface area contributed by atoms with E-state index in [-0.39, 0.29) is 18.4 Å². The topological polar surface area (TPSA) is 91.3 Å². The molecule has 1 unspecified atom stereocenters. The summed E-state index contributed by atoms with van der Waals surface area (Å²) >= 11 is 1.38. The minimum Gasteiger partial charge on any atom is -0.481 e. The van der Waals surface area contributed by atoms with Gasteiger partial charge in [-0.25, -0.2) is 9.78 Å². The molecule has 2 amide bonds. The molecule has 0 bridgehead atoms. The van der Waals surface area contributed by atoms with E-state index in [0.717, 1.165) is 5.69 Å². The molecule has 20 heavy (non-hydrogen) atoms. The van der Waals surface area contributed by atoms with Crippen LogP contribution < -0.4 is 10.6 Å². The van der Waals surface area contributed by atoms with E-state index in [1.807, 2.05) is 26.2 Å². The Morgan fingerprint density at radius 2 is 2.15 bits per heavy atom. The molecule has 1 rings (SSSR count). The number of thiazole rings is 1. The number of carbonyl (C=O) groups excluding carboxylic acids is 1. The van der Waals surface area contributed by atoms with Crippen molar-refractivity contribution in [3.63, 3.8) is 0 Å². The second kappa shape index (κ2) is 7.84. The molecule has 1 aromatic heterocycles. The van der Waals surface area contributed by atoms with Crippen molar-refractivity contribution in [2.24, 2.45) is 5.92 Å². The van der Waals surface area contributed by atoms with Gasteiger partial charge in [0.2, 0.25) is 0 Å². The summed E-state index contributed by atoms with van der Waals surface area (Å²) in [5, 5.41) is 16.5. The lowest BCUT2D eigenvalue weighted by Crippen LogP contribution is -2.33. The Morgan fingerprint density at radius 3 is 2.65 bits per heavy atom. The lowest BCUT2D eigenvalue weighted by molar-refractivity contribution is -0.138. The summed E-state index contributed by atoms with van der Waals surface area (Å²) in [7, 11) is 0. The van der Waals surface area contributed by atoms with Gasteiger partial charge < -0.3 is 10.4 Å². The van der Waals surface area contributed by atoms with Crippen molar-refractivity contribution in [3.05, 3.63) is 11.1 Å². The summed E-state index contributed by atoms with van der Waals surface area (Å²) in [6.45, 7) is 6.33. The summed E-state index contributed by atoms with van der Waals surface area (Å²) < 4.78 is 0. The Kier molecular flexibility index (Phi) is 6.44. The number of anilines is 1. The number of urea groups is 1. The zero-order valence-electron chi connectivity index (χ0n) is 12.0. The van der Waals surface area contributed by atoms with Gasteiger partial charge in [0, 0.05) is 18.3 Å². The Labute approximate surface area is 122 Å². The van der Waals surface area contributed by atoms with E-state index in [2.05, 4.69) is 15.6 Å². The molecule has 0 aliphatic rings. The number of hydrogen-bond donors (Lipinski definition) is 3.